The largest absolute Gasteiger partial charge is 0.465 e. The van der Waals surface area contributed by atoms with Crippen LogP contribution >= 0.6 is 0 Å². The summed E-state index contributed by atoms with van der Waals surface area (Å²) in [7, 11) is 3.36. The topological polar surface area (TPSA) is 80.2 Å². The molecule has 1 aromatic carbocycles. The molecule has 0 fully saturated rings. The Morgan fingerprint density at radius 2 is 1.89 bits per heavy atom. The first-order valence-corrected chi connectivity index (χ1v) is 8.97. The van der Waals surface area contributed by atoms with Gasteiger partial charge in [-0.2, -0.15) is 0 Å². The number of ether oxygens (including phenoxy) is 1. The Morgan fingerprint density at radius 3 is 2.64 bits per heavy atom. The molecule has 3 aromatic rings. The number of likely N-dealkylation sites (N-methyl/N-ethyl adjacent to an activating group) is 1. The summed E-state index contributed by atoms with van der Waals surface area (Å²) in [5.74, 6) is 1.67. The fraction of sp³-hybridized carbons (Fsp3) is 0.238. The minimum Gasteiger partial charge on any atom is -0.465 e. The molecule has 2 aromatic heterocycles. The lowest BCUT2D eigenvalue weighted by molar-refractivity contribution is 0.0602. The molecule has 0 amide bonds. The number of aromatic nitrogens is 3. The normalized spacial score (nSPS) is 10.4. The molecule has 28 heavy (non-hydrogen) atoms. The number of nitrogens with one attached hydrogen (secondary N) is 1. The van der Waals surface area contributed by atoms with Crippen molar-refractivity contribution < 1.29 is 9.53 Å². The van der Waals surface area contributed by atoms with Gasteiger partial charge in [-0.3, -0.25) is 4.98 Å². The maximum atomic E-state index is 12.0. The van der Waals surface area contributed by atoms with Gasteiger partial charge in [-0.25, -0.2) is 14.8 Å². The van der Waals surface area contributed by atoms with E-state index in [1.807, 2.05) is 44.3 Å². The van der Waals surface area contributed by atoms with Crippen LogP contribution in [0.4, 0.5) is 17.3 Å². The molecular formula is C21H23N5O2. The third kappa shape index (κ3) is 4.82. The van der Waals surface area contributed by atoms with Crippen LogP contribution in [0.2, 0.25) is 0 Å². The number of hydrogen-bond donors (Lipinski definition) is 1. The molecule has 144 valence electrons. The second-order valence-corrected chi connectivity index (χ2v) is 6.35. The number of methoxy groups -OCH3 is 1. The van der Waals surface area contributed by atoms with Crippen molar-refractivity contribution in [2.24, 2.45) is 0 Å². The molecule has 0 atom stereocenters. The number of aryl methyl sites for hydroxylation is 1. The fourth-order valence-corrected chi connectivity index (χ4v) is 2.79. The van der Waals surface area contributed by atoms with Crippen molar-refractivity contribution in [3.63, 3.8) is 0 Å². The Hall–Kier alpha value is -3.48. The number of esters is 1. The lowest BCUT2D eigenvalue weighted by Gasteiger charge is -2.19. The molecule has 0 aliphatic carbocycles. The molecular weight excluding hydrogens is 354 g/mol. The van der Waals surface area contributed by atoms with Gasteiger partial charge in [0.25, 0.3) is 0 Å². The standard InChI is InChI=1S/C21H23N5O2/c1-15-23-19(25-18-7-5-4-6-17(18)21(27)28-3)14-20(24-15)26(2)13-10-16-8-11-22-12-9-16/h4-9,11-12,14H,10,13H2,1-3H3,(H,23,24,25). The Kier molecular flexibility index (Phi) is 6.16. The predicted molar refractivity (Wildman–Crippen MR) is 109 cm³/mol. The second-order valence-electron chi connectivity index (χ2n) is 6.35. The summed E-state index contributed by atoms with van der Waals surface area (Å²) >= 11 is 0. The minimum absolute atomic E-state index is 0.399. The van der Waals surface area contributed by atoms with Gasteiger partial charge >= 0.3 is 5.97 Å². The summed E-state index contributed by atoms with van der Waals surface area (Å²) in [5.41, 5.74) is 2.31. The Morgan fingerprint density at radius 1 is 1.14 bits per heavy atom. The number of hydrogen-bond acceptors (Lipinski definition) is 7. The molecule has 0 radical (unpaired) electrons. The van der Waals surface area contributed by atoms with Gasteiger partial charge in [0.1, 0.15) is 17.5 Å². The van der Waals surface area contributed by atoms with Crippen LogP contribution in [0.5, 0.6) is 0 Å². The van der Waals surface area contributed by atoms with Crippen molar-refractivity contribution in [1.82, 2.24) is 15.0 Å². The quantitative estimate of drug-likeness (QED) is 0.632. The molecule has 1 N–H and O–H groups in total. The highest BCUT2D eigenvalue weighted by Crippen LogP contribution is 2.23. The van der Waals surface area contributed by atoms with Gasteiger partial charge in [0.2, 0.25) is 0 Å². The van der Waals surface area contributed by atoms with Gasteiger partial charge in [0.15, 0.2) is 0 Å². The highest BCUT2D eigenvalue weighted by molar-refractivity contribution is 5.96. The first kappa shape index (κ1) is 19.3. The smallest absolute Gasteiger partial charge is 0.339 e. The molecule has 0 saturated carbocycles. The lowest BCUT2D eigenvalue weighted by Crippen LogP contribution is -2.22. The van der Waals surface area contributed by atoms with Gasteiger partial charge in [-0.1, -0.05) is 12.1 Å². The zero-order valence-corrected chi connectivity index (χ0v) is 16.2. The summed E-state index contributed by atoms with van der Waals surface area (Å²) in [6.45, 7) is 2.65. The maximum Gasteiger partial charge on any atom is 0.339 e. The molecule has 2 heterocycles. The van der Waals surface area contributed by atoms with Crippen molar-refractivity contribution in [1.29, 1.82) is 0 Å². The fourth-order valence-electron chi connectivity index (χ4n) is 2.79. The number of para-hydroxylation sites is 1. The van der Waals surface area contributed by atoms with E-state index in [1.54, 1.807) is 24.5 Å². The zero-order valence-electron chi connectivity index (χ0n) is 16.2. The van der Waals surface area contributed by atoms with Crippen LogP contribution in [0.1, 0.15) is 21.7 Å². The Labute approximate surface area is 164 Å². The number of rotatable bonds is 7. The molecule has 0 spiro atoms. The maximum absolute atomic E-state index is 12.0. The minimum atomic E-state index is -0.399. The first-order chi connectivity index (χ1) is 13.6. The number of pyridine rings is 1. The lowest BCUT2D eigenvalue weighted by atomic mass is 10.2. The van der Waals surface area contributed by atoms with E-state index in [4.69, 9.17) is 4.74 Å². The van der Waals surface area contributed by atoms with Gasteiger partial charge < -0.3 is 15.0 Å². The predicted octanol–water partition coefficient (Wildman–Crippen LogP) is 3.39. The van der Waals surface area contributed by atoms with Crippen molar-refractivity contribution in [2.45, 2.75) is 13.3 Å². The summed E-state index contributed by atoms with van der Waals surface area (Å²) < 4.78 is 4.85. The van der Waals surface area contributed by atoms with Gasteiger partial charge in [0.05, 0.1) is 18.4 Å². The van der Waals surface area contributed by atoms with E-state index in [2.05, 4.69) is 25.2 Å². The number of anilines is 3. The number of benzene rings is 1. The third-order valence-electron chi connectivity index (χ3n) is 4.30. The monoisotopic (exact) mass is 377 g/mol. The molecule has 3 rings (SSSR count). The second kappa shape index (κ2) is 8.94. The van der Waals surface area contributed by atoms with Crippen LogP contribution in [0.25, 0.3) is 0 Å². The highest BCUT2D eigenvalue weighted by atomic mass is 16.5. The van der Waals surface area contributed by atoms with Crippen LogP contribution in [-0.2, 0) is 11.2 Å². The van der Waals surface area contributed by atoms with E-state index in [0.717, 1.165) is 18.8 Å². The molecule has 0 bridgehead atoms. The number of carbonyl (C=O) groups is 1. The molecule has 7 nitrogen and oxygen atoms in total. The van der Waals surface area contributed by atoms with E-state index < -0.39 is 5.97 Å². The summed E-state index contributed by atoms with van der Waals surface area (Å²) in [4.78, 5) is 27.1. The highest BCUT2D eigenvalue weighted by Gasteiger charge is 2.13. The molecule has 0 unspecified atom stereocenters. The van der Waals surface area contributed by atoms with Gasteiger partial charge in [-0.05, 0) is 43.2 Å². The van der Waals surface area contributed by atoms with Crippen LogP contribution in [0, 0.1) is 6.92 Å². The first-order valence-electron chi connectivity index (χ1n) is 8.97. The summed E-state index contributed by atoms with van der Waals surface area (Å²) in [5, 5.41) is 3.21. The average molecular weight is 377 g/mol. The number of nitrogens with zero attached hydrogens (tertiary/aromatic N) is 4. The molecule has 7 heteroatoms. The molecule has 0 saturated heterocycles. The zero-order chi connectivity index (χ0) is 19.9. The van der Waals surface area contributed by atoms with E-state index in [1.165, 1.54) is 12.7 Å². The van der Waals surface area contributed by atoms with Crippen LogP contribution in [0.15, 0.2) is 54.9 Å². The van der Waals surface area contributed by atoms with Crippen LogP contribution in [-0.4, -0.2) is 41.6 Å². The Bertz CT molecular complexity index is 947. The summed E-state index contributed by atoms with van der Waals surface area (Å²) in [6, 6.07) is 13.1. The molecule has 0 aliphatic heterocycles. The van der Waals surface area contributed by atoms with Crippen molar-refractivity contribution in [2.75, 3.05) is 30.9 Å². The third-order valence-corrected chi connectivity index (χ3v) is 4.30. The van der Waals surface area contributed by atoms with E-state index in [0.29, 0.717) is 22.9 Å². The van der Waals surface area contributed by atoms with Crippen molar-refractivity contribution >= 4 is 23.3 Å². The van der Waals surface area contributed by atoms with Crippen molar-refractivity contribution in [3.05, 3.63) is 71.8 Å². The summed E-state index contributed by atoms with van der Waals surface area (Å²) in [6.07, 6.45) is 4.48. The Balaban J connectivity index is 1.77. The van der Waals surface area contributed by atoms with E-state index >= 15 is 0 Å². The van der Waals surface area contributed by atoms with Crippen molar-refractivity contribution in [3.8, 4) is 0 Å². The average Bonchev–Trinajstić information content (AvgIpc) is 2.72. The SMILES string of the molecule is COC(=O)c1ccccc1Nc1cc(N(C)CCc2ccncc2)nc(C)n1. The number of carbonyl (C=O) groups excluding carboxylic acids is 1. The van der Waals surface area contributed by atoms with E-state index in [9.17, 15) is 4.79 Å². The van der Waals surface area contributed by atoms with Gasteiger partial charge in [0, 0.05) is 32.1 Å². The van der Waals surface area contributed by atoms with Gasteiger partial charge in [-0.15, -0.1) is 0 Å². The van der Waals surface area contributed by atoms with Crippen LogP contribution < -0.4 is 10.2 Å². The van der Waals surface area contributed by atoms with E-state index in [-0.39, 0.29) is 0 Å². The molecule has 0 aliphatic rings. The van der Waals surface area contributed by atoms with Crippen LogP contribution in [0.3, 0.4) is 0 Å².